The van der Waals surface area contributed by atoms with Crippen LogP contribution in [0.5, 0.6) is 11.5 Å². The Hall–Kier alpha value is -4.22. The summed E-state index contributed by atoms with van der Waals surface area (Å²) in [5, 5.41) is 22.0. The van der Waals surface area contributed by atoms with Gasteiger partial charge in [0.2, 0.25) is 0 Å². The fourth-order valence-electron chi connectivity index (χ4n) is 8.22. The van der Waals surface area contributed by atoms with Crippen molar-refractivity contribution in [3.8, 4) is 35.4 Å². The maximum atomic E-state index is 12.8. The first-order chi connectivity index (χ1) is 24.7. The molecule has 1 saturated carbocycles. The van der Waals surface area contributed by atoms with E-state index in [0.717, 1.165) is 89.0 Å². The fraction of sp³-hybridized carbons (Fsp3) is 0.476. The lowest BCUT2D eigenvalue weighted by Gasteiger charge is -2.36. The number of carbonyl (C=O) groups excluding carboxylic acids is 1. The van der Waals surface area contributed by atoms with Crippen molar-refractivity contribution in [2.75, 3.05) is 6.54 Å². The zero-order valence-electron chi connectivity index (χ0n) is 29.4. The number of fused-ring (bicyclic) bond motifs is 6. The number of ether oxygens (including phenoxy) is 2. The van der Waals surface area contributed by atoms with Crippen molar-refractivity contribution in [1.82, 2.24) is 0 Å². The van der Waals surface area contributed by atoms with Gasteiger partial charge in [-0.15, -0.1) is 0 Å². The molecule has 4 aliphatic heterocycles. The molecule has 0 amide bonds. The van der Waals surface area contributed by atoms with Gasteiger partial charge in [-0.3, -0.25) is 14.7 Å². The molecule has 1 fully saturated rings. The van der Waals surface area contributed by atoms with Crippen LogP contribution in [-0.2, 0) is 17.6 Å². The van der Waals surface area contributed by atoms with Crippen LogP contribution in [-0.4, -0.2) is 40.6 Å². The van der Waals surface area contributed by atoms with Gasteiger partial charge in [-0.05, 0) is 65.6 Å². The zero-order chi connectivity index (χ0) is 35.5. The molecule has 7 rings (SSSR count). The van der Waals surface area contributed by atoms with Crippen molar-refractivity contribution in [3.05, 3.63) is 82.2 Å². The van der Waals surface area contributed by atoms with Crippen molar-refractivity contribution in [2.45, 2.75) is 109 Å². The second-order valence-electron chi connectivity index (χ2n) is 14.8. The second-order valence-corrected chi connectivity index (χ2v) is 14.8. The van der Waals surface area contributed by atoms with Crippen LogP contribution in [0.25, 0.3) is 0 Å². The maximum Gasteiger partial charge on any atom is 0.252 e. The standard InChI is InChI=1S/C42H48N4O5/c1-2-3-4-7-31(47)23-32(48)11-8-27-9-15-38-39(20-27)51-41-35(42(18-19-50-38)16-5-6-17-42)13-14-37(49)33-12-10-28(40(43)44)21-29(33)22-30-24-45-36-26-46(41)25-34(30)36/h9-10,12,15,20-21,24-25,31,35,37,40-41,47,49H,2-8,11,16-17,22-23,26,43-44H2,1H3/p+1. The minimum atomic E-state index is -1.04. The summed E-state index contributed by atoms with van der Waals surface area (Å²) < 4.78 is 13.2. The largest absolute Gasteiger partial charge is 0.437 e. The Morgan fingerprint density at radius 3 is 2.76 bits per heavy atom. The van der Waals surface area contributed by atoms with E-state index < -0.39 is 30.0 Å². The van der Waals surface area contributed by atoms with E-state index in [-0.39, 0.29) is 18.1 Å². The average Bonchev–Trinajstić information content (AvgIpc) is 3.86. The highest BCUT2D eigenvalue weighted by Crippen LogP contribution is 2.47. The van der Waals surface area contributed by atoms with Gasteiger partial charge in [-0.25, -0.2) is 0 Å². The number of nitrogens with two attached hydrogens (primary N) is 2. The summed E-state index contributed by atoms with van der Waals surface area (Å²) in [5.41, 5.74) is 18.1. The van der Waals surface area contributed by atoms with Gasteiger partial charge >= 0.3 is 0 Å². The van der Waals surface area contributed by atoms with E-state index in [1.165, 1.54) is 0 Å². The monoisotopic (exact) mass is 689 g/mol. The molecule has 5 aliphatic rings. The number of aryl methyl sites for hydroxylation is 1. The fourth-order valence-corrected chi connectivity index (χ4v) is 8.22. The molecule has 2 bridgehead atoms. The van der Waals surface area contributed by atoms with Crippen LogP contribution in [0.2, 0.25) is 0 Å². The molecule has 2 aromatic rings. The predicted molar refractivity (Wildman–Crippen MR) is 195 cm³/mol. The Labute approximate surface area is 300 Å². The quantitative estimate of drug-likeness (QED) is 0.144. The third-order valence-electron chi connectivity index (χ3n) is 11.1. The van der Waals surface area contributed by atoms with E-state index in [0.29, 0.717) is 43.7 Å². The summed E-state index contributed by atoms with van der Waals surface area (Å²) in [4.78, 5) is 18.7. The lowest BCUT2D eigenvalue weighted by atomic mass is 9.73. The number of aliphatic hydroxyl groups excluding tert-OH is 2. The SMILES string of the molecule is CCCCCC(O)CC(=O)CCc1ccc2c(c1)OC1C(C#CC(O)c3ccc(C(N)N)cc3CC3=CN=C4C[NH+]1C=C34)C1(C#CO2)CCCC1. The van der Waals surface area contributed by atoms with Crippen LogP contribution in [0.3, 0.4) is 0 Å². The first-order valence-electron chi connectivity index (χ1n) is 18.6. The zero-order valence-corrected chi connectivity index (χ0v) is 29.4. The molecule has 5 atom stereocenters. The van der Waals surface area contributed by atoms with Crippen molar-refractivity contribution in [2.24, 2.45) is 27.8 Å². The van der Waals surface area contributed by atoms with Crippen LogP contribution in [0.1, 0.15) is 106 Å². The first kappa shape index (κ1) is 35.2. The number of hydrogen-bond donors (Lipinski definition) is 5. The van der Waals surface area contributed by atoms with Crippen molar-refractivity contribution in [3.63, 3.8) is 0 Å². The molecule has 9 heteroatoms. The average molecular weight is 690 g/mol. The van der Waals surface area contributed by atoms with Gasteiger partial charge < -0.3 is 31.2 Å². The molecular formula is C42H49N4O5+. The third kappa shape index (κ3) is 7.55. The van der Waals surface area contributed by atoms with Crippen LogP contribution in [0, 0.1) is 35.2 Å². The summed E-state index contributed by atoms with van der Waals surface area (Å²) in [6.45, 7) is 2.75. The number of aliphatic imine (C=N–C) groups is 1. The van der Waals surface area contributed by atoms with Crippen molar-refractivity contribution >= 4 is 11.5 Å². The summed E-state index contributed by atoms with van der Waals surface area (Å²) in [6, 6.07) is 11.5. The van der Waals surface area contributed by atoms with Gasteiger partial charge in [0.15, 0.2) is 11.5 Å². The molecule has 9 nitrogen and oxygen atoms in total. The van der Waals surface area contributed by atoms with E-state index >= 15 is 0 Å². The van der Waals surface area contributed by atoms with E-state index in [1.807, 2.05) is 42.6 Å². The molecule has 7 N–H and O–H groups in total. The molecule has 2 aromatic carbocycles. The number of Topliss-reactive ketones (excluding diaryl/α,β-unsaturated/α-hetero) is 1. The molecule has 1 spiro atoms. The minimum Gasteiger partial charge on any atom is -0.437 e. The maximum absolute atomic E-state index is 12.8. The van der Waals surface area contributed by atoms with Gasteiger partial charge in [0.25, 0.3) is 6.23 Å². The number of allylic oxidation sites excluding steroid dienone is 1. The van der Waals surface area contributed by atoms with E-state index in [1.54, 1.807) is 0 Å². The molecule has 266 valence electrons. The van der Waals surface area contributed by atoms with Crippen LogP contribution in [0.15, 0.2) is 64.9 Å². The Bertz CT molecular complexity index is 1880. The normalized spacial score (nSPS) is 24.5. The van der Waals surface area contributed by atoms with Crippen LogP contribution >= 0.6 is 0 Å². The number of hydrogen-bond acceptors (Lipinski definition) is 8. The van der Waals surface area contributed by atoms with Crippen LogP contribution < -0.4 is 25.8 Å². The molecule has 51 heavy (non-hydrogen) atoms. The molecular weight excluding hydrogens is 640 g/mol. The van der Waals surface area contributed by atoms with Gasteiger partial charge in [0.05, 0.1) is 23.3 Å². The molecule has 5 unspecified atom stereocenters. The highest BCUT2D eigenvalue weighted by molar-refractivity contribution is 6.08. The highest BCUT2D eigenvalue weighted by atomic mass is 16.5. The van der Waals surface area contributed by atoms with Crippen molar-refractivity contribution in [1.29, 1.82) is 0 Å². The number of benzene rings is 2. The number of nitrogens with zero attached hydrogens (tertiary/aromatic N) is 1. The summed E-state index contributed by atoms with van der Waals surface area (Å²) in [7, 11) is 0. The van der Waals surface area contributed by atoms with Gasteiger partial charge in [0, 0.05) is 25.5 Å². The van der Waals surface area contributed by atoms with Gasteiger partial charge in [-0.1, -0.05) is 81.1 Å². The second kappa shape index (κ2) is 15.2. The predicted octanol–water partition coefficient (Wildman–Crippen LogP) is 4.08. The lowest BCUT2D eigenvalue weighted by molar-refractivity contribution is -0.888. The Balaban J connectivity index is 1.23. The van der Waals surface area contributed by atoms with Gasteiger partial charge in [-0.2, -0.15) is 0 Å². The molecule has 0 aromatic heterocycles. The smallest absolute Gasteiger partial charge is 0.252 e. The van der Waals surface area contributed by atoms with Crippen molar-refractivity contribution < 1.29 is 29.4 Å². The van der Waals surface area contributed by atoms with E-state index in [2.05, 4.69) is 37.0 Å². The summed E-state index contributed by atoms with van der Waals surface area (Å²) >= 11 is 0. The van der Waals surface area contributed by atoms with Gasteiger partial charge in [0.1, 0.15) is 42.4 Å². The number of rotatable bonds is 10. The topological polar surface area (TPSA) is 145 Å². The minimum absolute atomic E-state index is 0.0509. The number of aliphatic hydroxyl groups is 2. The summed E-state index contributed by atoms with van der Waals surface area (Å²) in [5.74, 6) is 11.0. The number of nitrogens with one attached hydrogen (secondary N) is 1. The number of unbranched alkanes of at least 4 members (excludes halogenated alkanes) is 2. The Morgan fingerprint density at radius 1 is 1.12 bits per heavy atom. The Kier molecular flexibility index (Phi) is 10.5. The number of ketones is 1. The molecule has 1 aliphatic carbocycles. The lowest BCUT2D eigenvalue weighted by Crippen LogP contribution is -3.13. The van der Waals surface area contributed by atoms with E-state index in [4.69, 9.17) is 25.9 Å². The van der Waals surface area contributed by atoms with Crippen LogP contribution in [0.4, 0.5) is 0 Å². The summed E-state index contributed by atoms with van der Waals surface area (Å²) in [6.07, 6.45) is 13.5. The first-order valence-corrected chi connectivity index (χ1v) is 18.6. The molecule has 0 saturated heterocycles. The molecule has 4 heterocycles. The number of carbonyl (C=O) groups is 1. The number of quaternary nitrogens is 1. The van der Waals surface area contributed by atoms with E-state index in [9.17, 15) is 15.0 Å². The molecule has 0 radical (unpaired) electrons. The Morgan fingerprint density at radius 2 is 1.96 bits per heavy atom. The highest BCUT2D eigenvalue weighted by Gasteiger charge is 2.51. The third-order valence-corrected chi connectivity index (χ3v) is 11.1.